The molecule has 0 unspecified atom stereocenters. The van der Waals surface area contributed by atoms with Crippen molar-refractivity contribution in [3.05, 3.63) is 23.8 Å². The molecule has 2 heterocycles. The summed E-state index contributed by atoms with van der Waals surface area (Å²) in [5.74, 6) is 1.85. The van der Waals surface area contributed by atoms with Gasteiger partial charge in [0.2, 0.25) is 0 Å². The first-order valence-corrected chi connectivity index (χ1v) is 7.17. The van der Waals surface area contributed by atoms with Crippen molar-refractivity contribution in [1.82, 2.24) is 4.90 Å². The lowest BCUT2D eigenvalue weighted by Crippen LogP contribution is -2.42. The van der Waals surface area contributed by atoms with Crippen molar-refractivity contribution in [2.45, 2.75) is 12.8 Å². The number of rotatable bonds is 2. The Balaban J connectivity index is 1.76. The van der Waals surface area contributed by atoms with E-state index in [0.29, 0.717) is 42.7 Å². The molecule has 2 aliphatic rings. The van der Waals surface area contributed by atoms with E-state index in [0.717, 1.165) is 25.9 Å². The Hall–Kier alpha value is -1.75. The highest BCUT2D eigenvalue weighted by Gasteiger charge is 2.24. The van der Waals surface area contributed by atoms with Crippen molar-refractivity contribution in [3.8, 4) is 11.5 Å². The SMILES string of the molecule is NC[C@H]1CCCN(C(=O)c2ccc3c(c2)OCCO3)C1. The third-order valence-electron chi connectivity index (χ3n) is 3.93. The fraction of sp³-hybridized carbons (Fsp3) is 0.533. The summed E-state index contributed by atoms with van der Waals surface area (Å²) >= 11 is 0. The van der Waals surface area contributed by atoms with Crippen molar-refractivity contribution in [1.29, 1.82) is 0 Å². The molecule has 5 heteroatoms. The van der Waals surface area contributed by atoms with E-state index in [1.165, 1.54) is 0 Å². The zero-order chi connectivity index (χ0) is 13.9. The number of ether oxygens (including phenoxy) is 2. The standard InChI is InChI=1S/C15H20N2O3/c16-9-11-2-1-5-17(10-11)15(18)12-3-4-13-14(8-12)20-7-6-19-13/h3-4,8,11H,1-2,5-7,9-10,16H2/t11-/m1/s1. The van der Waals surface area contributed by atoms with E-state index >= 15 is 0 Å². The first-order chi connectivity index (χ1) is 9.78. The molecule has 0 bridgehead atoms. The average molecular weight is 276 g/mol. The summed E-state index contributed by atoms with van der Waals surface area (Å²) in [5.41, 5.74) is 6.38. The minimum absolute atomic E-state index is 0.0557. The number of piperidine rings is 1. The highest BCUT2D eigenvalue weighted by Crippen LogP contribution is 2.31. The number of hydrogen-bond acceptors (Lipinski definition) is 4. The predicted molar refractivity (Wildman–Crippen MR) is 75.1 cm³/mol. The van der Waals surface area contributed by atoms with Crippen LogP contribution in [-0.2, 0) is 0 Å². The summed E-state index contributed by atoms with van der Waals surface area (Å²) in [5, 5.41) is 0. The smallest absolute Gasteiger partial charge is 0.254 e. The van der Waals surface area contributed by atoms with Crippen molar-refractivity contribution in [2.75, 3.05) is 32.8 Å². The molecule has 1 saturated heterocycles. The van der Waals surface area contributed by atoms with Gasteiger partial charge in [-0.05, 0) is 43.5 Å². The molecule has 5 nitrogen and oxygen atoms in total. The first kappa shape index (κ1) is 13.2. The maximum Gasteiger partial charge on any atom is 0.254 e. The van der Waals surface area contributed by atoms with Crippen LogP contribution < -0.4 is 15.2 Å². The van der Waals surface area contributed by atoms with Crippen LogP contribution in [-0.4, -0.2) is 43.7 Å². The lowest BCUT2D eigenvalue weighted by Gasteiger charge is -2.32. The van der Waals surface area contributed by atoms with Crippen LogP contribution in [0.3, 0.4) is 0 Å². The van der Waals surface area contributed by atoms with Crippen LogP contribution in [0.2, 0.25) is 0 Å². The van der Waals surface area contributed by atoms with Gasteiger partial charge in [-0.15, -0.1) is 0 Å². The molecule has 108 valence electrons. The molecule has 0 aromatic heterocycles. The molecule has 1 amide bonds. The van der Waals surface area contributed by atoms with Gasteiger partial charge in [-0.1, -0.05) is 0 Å². The predicted octanol–water partition coefficient (Wildman–Crippen LogP) is 1.27. The molecule has 1 aromatic rings. The second-order valence-electron chi connectivity index (χ2n) is 5.35. The molecule has 0 radical (unpaired) electrons. The number of nitrogens with zero attached hydrogens (tertiary/aromatic N) is 1. The van der Waals surface area contributed by atoms with Gasteiger partial charge in [-0.25, -0.2) is 0 Å². The Labute approximate surface area is 118 Å². The van der Waals surface area contributed by atoms with Crippen LogP contribution in [0.25, 0.3) is 0 Å². The number of carbonyl (C=O) groups is 1. The van der Waals surface area contributed by atoms with Crippen molar-refractivity contribution in [2.24, 2.45) is 11.7 Å². The number of carbonyl (C=O) groups excluding carboxylic acids is 1. The average Bonchev–Trinajstić information content (AvgIpc) is 2.53. The van der Waals surface area contributed by atoms with Gasteiger partial charge in [-0.2, -0.15) is 0 Å². The molecular weight excluding hydrogens is 256 g/mol. The van der Waals surface area contributed by atoms with Gasteiger partial charge in [-0.3, -0.25) is 4.79 Å². The monoisotopic (exact) mass is 276 g/mol. The fourth-order valence-electron chi connectivity index (χ4n) is 2.80. The van der Waals surface area contributed by atoms with Gasteiger partial charge in [0.05, 0.1) is 0 Å². The van der Waals surface area contributed by atoms with E-state index in [2.05, 4.69) is 0 Å². The van der Waals surface area contributed by atoms with Crippen LogP contribution in [0.1, 0.15) is 23.2 Å². The lowest BCUT2D eigenvalue weighted by molar-refractivity contribution is 0.0677. The Morgan fingerprint density at radius 2 is 2.10 bits per heavy atom. The van der Waals surface area contributed by atoms with Gasteiger partial charge in [0.1, 0.15) is 13.2 Å². The summed E-state index contributed by atoms with van der Waals surface area (Å²) in [4.78, 5) is 14.4. The third-order valence-corrected chi connectivity index (χ3v) is 3.93. The summed E-state index contributed by atoms with van der Waals surface area (Å²) in [6, 6.07) is 5.40. The second kappa shape index (κ2) is 5.71. The van der Waals surface area contributed by atoms with E-state index in [1.807, 2.05) is 17.0 Å². The molecule has 0 saturated carbocycles. The molecule has 0 aliphatic carbocycles. The maximum atomic E-state index is 12.5. The number of hydrogen-bond donors (Lipinski definition) is 1. The topological polar surface area (TPSA) is 64.8 Å². The molecule has 1 aromatic carbocycles. The van der Waals surface area contributed by atoms with E-state index in [1.54, 1.807) is 6.07 Å². The molecule has 0 spiro atoms. The lowest BCUT2D eigenvalue weighted by atomic mass is 9.97. The number of likely N-dealkylation sites (tertiary alicyclic amines) is 1. The van der Waals surface area contributed by atoms with Crippen LogP contribution in [0.5, 0.6) is 11.5 Å². The minimum atomic E-state index is 0.0557. The third kappa shape index (κ3) is 2.58. The highest BCUT2D eigenvalue weighted by atomic mass is 16.6. The van der Waals surface area contributed by atoms with Crippen molar-refractivity contribution >= 4 is 5.91 Å². The van der Waals surface area contributed by atoms with E-state index in [-0.39, 0.29) is 5.91 Å². The number of benzene rings is 1. The van der Waals surface area contributed by atoms with Gasteiger partial charge < -0.3 is 20.1 Å². The Kier molecular flexibility index (Phi) is 3.78. The summed E-state index contributed by atoms with van der Waals surface area (Å²) < 4.78 is 11.0. The van der Waals surface area contributed by atoms with Gasteiger partial charge in [0.25, 0.3) is 5.91 Å². The van der Waals surface area contributed by atoms with Gasteiger partial charge >= 0.3 is 0 Å². The van der Waals surface area contributed by atoms with Crippen LogP contribution in [0.15, 0.2) is 18.2 Å². The molecule has 1 fully saturated rings. The first-order valence-electron chi connectivity index (χ1n) is 7.17. The van der Waals surface area contributed by atoms with E-state index < -0.39 is 0 Å². The molecule has 1 atom stereocenters. The van der Waals surface area contributed by atoms with Gasteiger partial charge in [0.15, 0.2) is 11.5 Å². The summed E-state index contributed by atoms with van der Waals surface area (Å²) in [6.45, 7) is 3.30. The normalized spacial score (nSPS) is 21.6. The van der Waals surface area contributed by atoms with Crippen LogP contribution in [0, 0.1) is 5.92 Å². The van der Waals surface area contributed by atoms with E-state index in [9.17, 15) is 4.79 Å². The molecule has 2 aliphatic heterocycles. The van der Waals surface area contributed by atoms with Crippen molar-refractivity contribution in [3.63, 3.8) is 0 Å². The zero-order valence-electron chi connectivity index (χ0n) is 11.5. The number of nitrogens with two attached hydrogens (primary N) is 1. The Morgan fingerprint density at radius 3 is 2.90 bits per heavy atom. The maximum absolute atomic E-state index is 12.5. The van der Waals surface area contributed by atoms with Crippen LogP contribution >= 0.6 is 0 Å². The number of fused-ring (bicyclic) bond motifs is 1. The summed E-state index contributed by atoms with van der Waals surface area (Å²) in [7, 11) is 0. The molecular formula is C15H20N2O3. The van der Waals surface area contributed by atoms with Crippen molar-refractivity contribution < 1.29 is 14.3 Å². The minimum Gasteiger partial charge on any atom is -0.486 e. The molecule has 3 rings (SSSR count). The number of amides is 1. The van der Waals surface area contributed by atoms with Crippen LogP contribution in [0.4, 0.5) is 0 Å². The quantitative estimate of drug-likeness (QED) is 0.883. The second-order valence-corrected chi connectivity index (χ2v) is 5.35. The van der Waals surface area contributed by atoms with E-state index in [4.69, 9.17) is 15.2 Å². The Morgan fingerprint density at radius 1 is 1.30 bits per heavy atom. The highest BCUT2D eigenvalue weighted by molar-refractivity contribution is 5.95. The van der Waals surface area contributed by atoms with Gasteiger partial charge in [0, 0.05) is 18.7 Å². The fourth-order valence-corrected chi connectivity index (χ4v) is 2.80. The zero-order valence-corrected chi connectivity index (χ0v) is 11.5. The Bertz CT molecular complexity index is 504. The molecule has 20 heavy (non-hydrogen) atoms. The largest absolute Gasteiger partial charge is 0.486 e. The molecule has 2 N–H and O–H groups in total. The summed E-state index contributed by atoms with van der Waals surface area (Å²) in [6.07, 6.45) is 2.14.